The summed E-state index contributed by atoms with van der Waals surface area (Å²) in [5.74, 6) is -1.15. The van der Waals surface area contributed by atoms with E-state index in [0.717, 1.165) is 11.8 Å². The number of aliphatic carboxylic acids is 1. The lowest BCUT2D eigenvalue weighted by Crippen LogP contribution is -2.00. The minimum absolute atomic E-state index is 0.171. The van der Waals surface area contributed by atoms with Gasteiger partial charge in [-0.05, 0) is 12.2 Å². The largest absolute Gasteiger partial charge is 0.494 e. The SMILES string of the molecule is O=C(O)CSC(O)=S. The fourth-order valence-corrected chi connectivity index (χ4v) is 0.547. The number of rotatable bonds is 2. The molecule has 0 saturated heterocycles. The molecule has 5 heteroatoms. The van der Waals surface area contributed by atoms with Crippen molar-refractivity contribution >= 4 is 34.3 Å². The summed E-state index contributed by atoms with van der Waals surface area (Å²) in [6, 6.07) is 0. The molecule has 0 atom stereocenters. The molecular formula is C3H4O3S2. The summed E-state index contributed by atoms with van der Waals surface area (Å²) in [7, 11) is 0. The van der Waals surface area contributed by atoms with Crippen molar-refractivity contribution in [2.45, 2.75) is 0 Å². The monoisotopic (exact) mass is 152 g/mol. The zero-order valence-corrected chi connectivity index (χ0v) is 5.46. The number of hydrogen-bond acceptors (Lipinski definition) is 3. The van der Waals surface area contributed by atoms with E-state index in [4.69, 9.17) is 10.2 Å². The Morgan fingerprint density at radius 1 is 1.62 bits per heavy atom. The van der Waals surface area contributed by atoms with Crippen molar-refractivity contribution in [3.05, 3.63) is 0 Å². The molecule has 0 radical (unpaired) electrons. The summed E-state index contributed by atoms with van der Waals surface area (Å²) in [6.07, 6.45) is 0. The van der Waals surface area contributed by atoms with Crippen LogP contribution in [0.1, 0.15) is 0 Å². The molecule has 0 amide bonds. The van der Waals surface area contributed by atoms with Gasteiger partial charge in [-0.25, -0.2) is 0 Å². The molecule has 2 N–H and O–H groups in total. The highest BCUT2D eigenvalue weighted by molar-refractivity contribution is 8.22. The van der Waals surface area contributed by atoms with E-state index in [1.165, 1.54) is 0 Å². The maximum absolute atomic E-state index is 9.71. The summed E-state index contributed by atoms with van der Waals surface area (Å²) in [6.45, 7) is 0. The molecule has 3 nitrogen and oxygen atoms in total. The van der Waals surface area contributed by atoms with Crippen molar-refractivity contribution in [3.8, 4) is 0 Å². The Kier molecular flexibility index (Phi) is 3.55. The molecule has 0 aromatic heterocycles. The molecule has 0 aliphatic rings. The number of aliphatic hydroxyl groups is 1. The van der Waals surface area contributed by atoms with Gasteiger partial charge >= 0.3 is 5.97 Å². The average Bonchev–Trinajstić information content (AvgIpc) is 1.61. The maximum atomic E-state index is 9.71. The van der Waals surface area contributed by atoms with Gasteiger partial charge in [0.05, 0.1) is 5.75 Å². The molecule has 0 aliphatic carbocycles. The van der Waals surface area contributed by atoms with E-state index in [2.05, 4.69) is 12.2 Å². The first-order chi connectivity index (χ1) is 3.63. The Morgan fingerprint density at radius 2 is 2.12 bits per heavy atom. The average molecular weight is 152 g/mol. The molecular weight excluding hydrogens is 148 g/mol. The van der Waals surface area contributed by atoms with Crippen molar-refractivity contribution in [1.29, 1.82) is 0 Å². The lowest BCUT2D eigenvalue weighted by atomic mass is 10.8. The lowest BCUT2D eigenvalue weighted by molar-refractivity contribution is -0.133. The van der Waals surface area contributed by atoms with Gasteiger partial charge in [-0.1, -0.05) is 11.8 Å². The van der Waals surface area contributed by atoms with Gasteiger partial charge in [-0.3, -0.25) is 4.79 Å². The molecule has 0 aromatic carbocycles. The van der Waals surface area contributed by atoms with Crippen LogP contribution in [0.2, 0.25) is 0 Å². The molecule has 46 valence electrons. The summed E-state index contributed by atoms with van der Waals surface area (Å²) >= 11 is 4.90. The Hall–Kier alpha value is -0.290. The molecule has 0 fully saturated rings. The number of thiocarbonyl (C=S) groups is 1. The van der Waals surface area contributed by atoms with Crippen LogP contribution in [0.3, 0.4) is 0 Å². The van der Waals surface area contributed by atoms with E-state index in [-0.39, 0.29) is 10.1 Å². The summed E-state index contributed by atoms with van der Waals surface area (Å²) in [5, 5.41) is 16.2. The van der Waals surface area contributed by atoms with Gasteiger partial charge in [0.15, 0.2) is 0 Å². The second-order valence-corrected chi connectivity index (χ2v) is 2.56. The van der Waals surface area contributed by atoms with Crippen molar-refractivity contribution in [3.63, 3.8) is 0 Å². The van der Waals surface area contributed by atoms with Crippen LogP contribution < -0.4 is 0 Å². The van der Waals surface area contributed by atoms with Crippen LogP contribution in [0.5, 0.6) is 0 Å². The molecule has 0 heterocycles. The fraction of sp³-hybridized carbons (Fsp3) is 0.333. The maximum Gasteiger partial charge on any atom is 0.313 e. The molecule has 0 rings (SSSR count). The third kappa shape index (κ3) is 5.71. The number of thioether (sulfide) groups is 1. The lowest BCUT2D eigenvalue weighted by Gasteiger charge is -1.87. The zero-order valence-electron chi connectivity index (χ0n) is 3.83. The summed E-state index contributed by atoms with van der Waals surface area (Å²) < 4.78 is -0.326. The normalized spacial score (nSPS) is 8.50. The van der Waals surface area contributed by atoms with E-state index in [0.29, 0.717) is 0 Å². The Balaban J connectivity index is 3.18. The second-order valence-electron chi connectivity index (χ2n) is 0.948. The van der Waals surface area contributed by atoms with E-state index in [1.807, 2.05) is 0 Å². The minimum atomic E-state index is -0.980. The van der Waals surface area contributed by atoms with Crippen LogP contribution in [0.25, 0.3) is 0 Å². The Morgan fingerprint density at radius 3 is 2.25 bits per heavy atom. The van der Waals surface area contributed by atoms with Crippen molar-refractivity contribution in [2.24, 2.45) is 0 Å². The van der Waals surface area contributed by atoms with Gasteiger partial charge in [0, 0.05) is 0 Å². The number of aliphatic hydroxyl groups excluding tert-OH is 1. The highest BCUT2D eigenvalue weighted by atomic mass is 32.2. The van der Waals surface area contributed by atoms with Crippen LogP contribution in [-0.2, 0) is 4.79 Å². The van der Waals surface area contributed by atoms with Gasteiger partial charge in [0.1, 0.15) is 0 Å². The van der Waals surface area contributed by atoms with E-state index in [1.54, 1.807) is 0 Å². The number of carbonyl (C=O) groups is 1. The van der Waals surface area contributed by atoms with E-state index in [9.17, 15) is 4.79 Å². The van der Waals surface area contributed by atoms with Crippen LogP contribution in [0.15, 0.2) is 0 Å². The van der Waals surface area contributed by atoms with Crippen LogP contribution in [0.4, 0.5) is 0 Å². The van der Waals surface area contributed by atoms with E-state index < -0.39 is 5.97 Å². The topological polar surface area (TPSA) is 57.5 Å². The Labute approximate surface area is 55.7 Å². The first-order valence-corrected chi connectivity index (χ1v) is 3.10. The van der Waals surface area contributed by atoms with Crippen LogP contribution in [0, 0.1) is 0 Å². The molecule has 0 saturated carbocycles. The number of carboxylic acids is 1. The quantitative estimate of drug-likeness (QED) is 0.569. The Bertz CT molecular complexity index is 97.1. The van der Waals surface area contributed by atoms with Crippen molar-refractivity contribution in [2.75, 3.05) is 5.75 Å². The van der Waals surface area contributed by atoms with Gasteiger partial charge in [0.2, 0.25) is 4.38 Å². The second kappa shape index (κ2) is 3.68. The third-order valence-electron chi connectivity index (χ3n) is 0.319. The standard InChI is InChI=1S/C3H4O3S2/c4-2(5)1-8-3(6)7/h1H2,(H,4,5)(H,6,7). The minimum Gasteiger partial charge on any atom is -0.494 e. The molecule has 0 aliphatic heterocycles. The predicted molar refractivity (Wildman–Crippen MR) is 35.3 cm³/mol. The van der Waals surface area contributed by atoms with Crippen molar-refractivity contribution in [1.82, 2.24) is 0 Å². The fourth-order valence-electron chi connectivity index (χ4n) is 0.123. The first kappa shape index (κ1) is 7.71. The summed E-state index contributed by atoms with van der Waals surface area (Å²) in [5.41, 5.74) is 0. The van der Waals surface area contributed by atoms with Crippen LogP contribution in [-0.4, -0.2) is 26.3 Å². The van der Waals surface area contributed by atoms with E-state index >= 15 is 0 Å². The van der Waals surface area contributed by atoms with Gasteiger partial charge in [-0.2, -0.15) is 0 Å². The van der Waals surface area contributed by atoms with Gasteiger partial charge in [-0.15, -0.1) is 0 Å². The third-order valence-corrected chi connectivity index (χ3v) is 1.31. The molecule has 0 aromatic rings. The molecule has 0 spiro atoms. The zero-order chi connectivity index (χ0) is 6.57. The molecule has 8 heavy (non-hydrogen) atoms. The predicted octanol–water partition coefficient (Wildman–Crippen LogP) is 0.647. The smallest absolute Gasteiger partial charge is 0.313 e. The molecule has 0 unspecified atom stereocenters. The van der Waals surface area contributed by atoms with Gasteiger partial charge in [0.25, 0.3) is 0 Å². The van der Waals surface area contributed by atoms with Gasteiger partial charge < -0.3 is 10.2 Å². The van der Waals surface area contributed by atoms with Crippen molar-refractivity contribution < 1.29 is 15.0 Å². The highest BCUT2D eigenvalue weighted by Crippen LogP contribution is 1.99. The summed E-state index contributed by atoms with van der Waals surface area (Å²) in [4.78, 5) is 9.71. The number of carboxylic acid groups (broad SMARTS) is 1. The number of hydrogen-bond donors (Lipinski definition) is 2. The highest BCUT2D eigenvalue weighted by Gasteiger charge is 1.97. The molecule has 0 bridgehead atoms. The first-order valence-electron chi connectivity index (χ1n) is 1.70. The van der Waals surface area contributed by atoms with Crippen LogP contribution >= 0.6 is 24.0 Å².